The normalized spacial score (nSPS) is 10.6. The second-order valence-electron chi connectivity index (χ2n) is 4.66. The van der Waals surface area contributed by atoms with Gasteiger partial charge in [0.15, 0.2) is 11.6 Å². The van der Waals surface area contributed by atoms with Crippen LogP contribution in [0.1, 0.15) is 5.56 Å². The highest BCUT2D eigenvalue weighted by atomic mass is 19.1. The molecule has 4 heteroatoms. The molecule has 0 atom stereocenters. The average molecular weight is 282 g/mol. The number of rotatable bonds is 4. The monoisotopic (exact) mass is 282 g/mol. The van der Waals surface area contributed by atoms with E-state index in [1.165, 1.54) is 6.07 Å². The number of anilines is 1. The van der Waals surface area contributed by atoms with Crippen LogP contribution in [0.25, 0.3) is 10.9 Å². The Labute approximate surface area is 122 Å². The average Bonchev–Trinajstić information content (AvgIpc) is 2.53. The van der Waals surface area contributed by atoms with Gasteiger partial charge in [0.05, 0.1) is 5.52 Å². The molecule has 1 aromatic heterocycles. The van der Waals surface area contributed by atoms with E-state index < -0.39 is 0 Å². The van der Waals surface area contributed by atoms with Crippen molar-refractivity contribution in [2.75, 3.05) is 12.4 Å². The van der Waals surface area contributed by atoms with Crippen molar-refractivity contribution in [1.82, 2.24) is 4.98 Å². The molecule has 21 heavy (non-hydrogen) atoms. The summed E-state index contributed by atoms with van der Waals surface area (Å²) in [4.78, 5) is 4.54. The van der Waals surface area contributed by atoms with Gasteiger partial charge in [-0.1, -0.05) is 30.3 Å². The number of aromatic nitrogens is 1. The molecule has 0 spiro atoms. The van der Waals surface area contributed by atoms with Gasteiger partial charge in [0.25, 0.3) is 0 Å². The summed E-state index contributed by atoms with van der Waals surface area (Å²) in [5.41, 5.74) is 1.80. The zero-order valence-electron chi connectivity index (χ0n) is 11.6. The van der Waals surface area contributed by atoms with Crippen LogP contribution in [0, 0.1) is 5.82 Å². The van der Waals surface area contributed by atoms with Crippen LogP contribution in [0.3, 0.4) is 0 Å². The molecule has 0 aliphatic carbocycles. The van der Waals surface area contributed by atoms with E-state index in [1.807, 2.05) is 37.4 Å². The molecule has 1 heterocycles. The Kier molecular flexibility index (Phi) is 3.69. The van der Waals surface area contributed by atoms with Gasteiger partial charge in [-0.3, -0.25) is 0 Å². The highest BCUT2D eigenvalue weighted by Gasteiger charge is 2.08. The summed E-state index contributed by atoms with van der Waals surface area (Å²) in [5, 5.41) is 4.08. The summed E-state index contributed by atoms with van der Waals surface area (Å²) in [6, 6.07) is 16.3. The third-order valence-corrected chi connectivity index (χ3v) is 3.26. The van der Waals surface area contributed by atoms with E-state index in [-0.39, 0.29) is 18.2 Å². The SMILES string of the molecule is CNc1nc2ccccc2cc1COc1ccccc1F. The first-order valence-corrected chi connectivity index (χ1v) is 6.71. The quantitative estimate of drug-likeness (QED) is 0.785. The number of halogens is 1. The summed E-state index contributed by atoms with van der Waals surface area (Å²) in [6.07, 6.45) is 0. The van der Waals surface area contributed by atoms with Gasteiger partial charge in [-0.15, -0.1) is 0 Å². The lowest BCUT2D eigenvalue weighted by atomic mass is 10.1. The van der Waals surface area contributed by atoms with Crippen LogP contribution in [-0.2, 0) is 6.61 Å². The lowest BCUT2D eigenvalue weighted by Gasteiger charge is -2.12. The summed E-state index contributed by atoms with van der Waals surface area (Å²) in [5.74, 6) is 0.620. The molecule has 3 rings (SSSR count). The molecule has 0 unspecified atom stereocenters. The first-order valence-electron chi connectivity index (χ1n) is 6.71. The first-order chi connectivity index (χ1) is 10.3. The molecule has 0 bridgehead atoms. The number of fused-ring (bicyclic) bond motifs is 1. The Morgan fingerprint density at radius 1 is 1.10 bits per heavy atom. The van der Waals surface area contributed by atoms with Crippen LogP contribution in [0.15, 0.2) is 54.6 Å². The highest BCUT2D eigenvalue weighted by Crippen LogP contribution is 2.23. The Balaban J connectivity index is 1.91. The van der Waals surface area contributed by atoms with Gasteiger partial charge >= 0.3 is 0 Å². The van der Waals surface area contributed by atoms with Crippen molar-refractivity contribution in [3.8, 4) is 5.75 Å². The fourth-order valence-corrected chi connectivity index (χ4v) is 2.20. The van der Waals surface area contributed by atoms with Crippen LogP contribution < -0.4 is 10.1 Å². The van der Waals surface area contributed by atoms with Crippen LogP contribution in [0.2, 0.25) is 0 Å². The van der Waals surface area contributed by atoms with Crippen LogP contribution in [0.4, 0.5) is 10.2 Å². The van der Waals surface area contributed by atoms with Gasteiger partial charge in [0, 0.05) is 18.0 Å². The lowest BCUT2D eigenvalue weighted by molar-refractivity contribution is 0.290. The van der Waals surface area contributed by atoms with Crippen molar-refractivity contribution in [2.45, 2.75) is 6.61 Å². The summed E-state index contributed by atoms with van der Waals surface area (Å²) < 4.78 is 19.1. The zero-order chi connectivity index (χ0) is 14.7. The van der Waals surface area contributed by atoms with E-state index in [0.717, 1.165) is 22.3 Å². The molecule has 1 N–H and O–H groups in total. The van der Waals surface area contributed by atoms with E-state index in [0.29, 0.717) is 0 Å². The van der Waals surface area contributed by atoms with Crippen LogP contribution in [-0.4, -0.2) is 12.0 Å². The Bertz CT molecular complexity index is 774. The van der Waals surface area contributed by atoms with Crippen molar-refractivity contribution in [3.63, 3.8) is 0 Å². The van der Waals surface area contributed by atoms with Gasteiger partial charge in [-0.05, 0) is 24.3 Å². The Morgan fingerprint density at radius 2 is 1.86 bits per heavy atom. The van der Waals surface area contributed by atoms with E-state index in [2.05, 4.69) is 10.3 Å². The maximum Gasteiger partial charge on any atom is 0.165 e. The standard InChI is InChI=1S/C17H15FN2O/c1-19-17-13(10-12-6-2-4-8-15(12)20-17)11-21-16-9-5-3-7-14(16)18/h2-10H,11H2,1H3,(H,19,20). The molecule has 106 valence electrons. The van der Waals surface area contributed by atoms with Crippen LogP contribution in [0.5, 0.6) is 5.75 Å². The molecule has 0 radical (unpaired) electrons. The zero-order valence-corrected chi connectivity index (χ0v) is 11.6. The minimum Gasteiger partial charge on any atom is -0.486 e. The van der Waals surface area contributed by atoms with Gasteiger partial charge < -0.3 is 10.1 Å². The molecular weight excluding hydrogens is 267 g/mol. The molecule has 0 saturated heterocycles. The number of nitrogens with zero attached hydrogens (tertiary/aromatic N) is 1. The lowest BCUT2D eigenvalue weighted by Crippen LogP contribution is -2.04. The second-order valence-corrected chi connectivity index (χ2v) is 4.66. The van der Waals surface area contributed by atoms with Gasteiger partial charge in [0.2, 0.25) is 0 Å². The first kappa shape index (κ1) is 13.4. The molecule has 0 aliphatic heterocycles. The van der Waals surface area contributed by atoms with Crippen molar-refractivity contribution in [3.05, 3.63) is 66.0 Å². The number of hydrogen-bond donors (Lipinski definition) is 1. The van der Waals surface area contributed by atoms with Crippen molar-refractivity contribution < 1.29 is 9.13 Å². The third-order valence-electron chi connectivity index (χ3n) is 3.26. The maximum absolute atomic E-state index is 13.6. The van der Waals surface area contributed by atoms with Crippen molar-refractivity contribution >= 4 is 16.7 Å². The van der Waals surface area contributed by atoms with Crippen LogP contribution >= 0.6 is 0 Å². The van der Waals surface area contributed by atoms with Gasteiger partial charge in [0.1, 0.15) is 12.4 Å². The number of ether oxygens (including phenoxy) is 1. The predicted molar refractivity (Wildman–Crippen MR) is 82.0 cm³/mol. The molecule has 0 amide bonds. The Morgan fingerprint density at radius 3 is 2.67 bits per heavy atom. The van der Waals surface area contributed by atoms with E-state index in [4.69, 9.17) is 4.74 Å². The molecule has 0 saturated carbocycles. The minimum absolute atomic E-state index is 0.243. The van der Waals surface area contributed by atoms with Crippen molar-refractivity contribution in [1.29, 1.82) is 0 Å². The molecule has 0 fully saturated rings. The number of nitrogens with one attached hydrogen (secondary N) is 1. The minimum atomic E-state index is -0.364. The Hall–Kier alpha value is -2.62. The highest BCUT2D eigenvalue weighted by molar-refractivity contribution is 5.81. The molecule has 3 aromatic rings. The number of para-hydroxylation sites is 2. The fourth-order valence-electron chi connectivity index (χ4n) is 2.20. The smallest absolute Gasteiger partial charge is 0.165 e. The third kappa shape index (κ3) is 2.79. The topological polar surface area (TPSA) is 34.2 Å². The second kappa shape index (κ2) is 5.79. The van der Waals surface area contributed by atoms with Crippen molar-refractivity contribution in [2.24, 2.45) is 0 Å². The number of pyridine rings is 1. The fraction of sp³-hybridized carbons (Fsp3) is 0.118. The summed E-state index contributed by atoms with van der Waals surface area (Å²) in [7, 11) is 1.81. The van der Waals surface area contributed by atoms with E-state index in [1.54, 1.807) is 18.2 Å². The largest absolute Gasteiger partial charge is 0.486 e. The predicted octanol–water partition coefficient (Wildman–Crippen LogP) is 3.99. The molecule has 0 aliphatic rings. The molecular formula is C17H15FN2O. The van der Waals surface area contributed by atoms with E-state index in [9.17, 15) is 4.39 Å². The maximum atomic E-state index is 13.6. The van der Waals surface area contributed by atoms with Gasteiger partial charge in [-0.25, -0.2) is 9.37 Å². The number of benzene rings is 2. The molecule has 3 nitrogen and oxygen atoms in total. The molecule has 2 aromatic carbocycles. The van der Waals surface area contributed by atoms with E-state index >= 15 is 0 Å². The van der Waals surface area contributed by atoms with Gasteiger partial charge in [-0.2, -0.15) is 0 Å². The summed E-state index contributed by atoms with van der Waals surface area (Å²) in [6.45, 7) is 0.259. The number of hydrogen-bond acceptors (Lipinski definition) is 3. The summed E-state index contributed by atoms with van der Waals surface area (Å²) >= 11 is 0.